The van der Waals surface area contributed by atoms with Crippen molar-refractivity contribution in [2.75, 3.05) is 13.2 Å². The van der Waals surface area contributed by atoms with E-state index < -0.39 is 45.3 Å². The van der Waals surface area contributed by atoms with Crippen molar-refractivity contribution in [3.63, 3.8) is 0 Å². The first-order chi connectivity index (χ1) is 21.0. The van der Waals surface area contributed by atoms with E-state index in [0.717, 1.165) is 36.4 Å². The summed E-state index contributed by atoms with van der Waals surface area (Å²) >= 11 is 0. The van der Waals surface area contributed by atoms with Crippen molar-refractivity contribution in [2.24, 2.45) is 5.41 Å². The Hall–Kier alpha value is -1.87. The van der Waals surface area contributed by atoms with Crippen LogP contribution in [0.15, 0.2) is 48.5 Å². The maximum absolute atomic E-state index is 13.2. The molecule has 2 rings (SSSR count). The van der Waals surface area contributed by atoms with Gasteiger partial charge in [-0.2, -0.15) is 0 Å². The molecular weight excluding hydrogens is 645 g/mol. The second-order valence-electron chi connectivity index (χ2n) is 15.7. The topological polar surface area (TPSA) is 80.3 Å². The number of benzene rings is 2. The normalized spacial score (nSPS) is 13.2. The van der Waals surface area contributed by atoms with Crippen LogP contribution in [0.5, 0.6) is 11.5 Å². The Bertz CT molecular complexity index is 1270. The summed E-state index contributed by atoms with van der Waals surface area (Å²) in [4.78, 5) is 25.7. The van der Waals surface area contributed by atoms with Gasteiger partial charge in [-0.15, -0.1) is 0 Å². The van der Waals surface area contributed by atoms with E-state index in [0.29, 0.717) is 24.3 Å². The van der Waals surface area contributed by atoms with Crippen LogP contribution < -0.4 is 9.47 Å². The minimum atomic E-state index is -2.39. The van der Waals surface area contributed by atoms with Gasteiger partial charge in [0, 0.05) is 16.5 Å². The van der Waals surface area contributed by atoms with Gasteiger partial charge >= 0.3 is 8.56 Å². The summed E-state index contributed by atoms with van der Waals surface area (Å²) in [5, 5.41) is 0. The lowest BCUT2D eigenvalue weighted by Gasteiger charge is -2.34. The molecule has 258 valence electrons. The van der Waals surface area contributed by atoms with Gasteiger partial charge in [0.1, 0.15) is 17.1 Å². The molecular formula is C35H60O7Si4. The number of carbonyl (C=O) groups is 2. The summed E-state index contributed by atoms with van der Waals surface area (Å²) < 4.78 is 31.1. The molecule has 0 aromatic heterocycles. The van der Waals surface area contributed by atoms with Gasteiger partial charge in [0.05, 0.1) is 13.2 Å². The van der Waals surface area contributed by atoms with Gasteiger partial charge in [0.25, 0.3) is 0 Å². The summed E-state index contributed by atoms with van der Waals surface area (Å²) in [6.45, 7) is 28.1. The lowest BCUT2D eigenvalue weighted by Crippen LogP contribution is -2.49. The number of carbonyl (C=O) groups excluding carboxylic acids is 2. The minimum Gasteiger partial charge on any atom is -0.494 e. The van der Waals surface area contributed by atoms with Crippen molar-refractivity contribution in [3.8, 4) is 11.5 Å². The Morgan fingerprint density at radius 1 is 0.652 bits per heavy atom. The molecule has 0 aliphatic rings. The largest absolute Gasteiger partial charge is 0.494 e. The van der Waals surface area contributed by atoms with Crippen molar-refractivity contribution in [1.29, 1.82) is 0 Å². The number of ether oxygens (including phenoxy) is 2. The summed E-state index contributed by atoms with van der Waals surface area (Å²) in [5.41, 5.74) is -0.0271. The first-order valence-electron chi connectivity index (χ1n) is 16.7. The molecule has 0 atom stereocenters. The van der Waals surface area contributed by atoms with Crippen molar-refractivity contribution >= 4 is 45.8 Å². The van der Waals surface area contributed by atoms with E-state index in [2.05, 4.69) is 39.3 Å². The number of Topliss-reactive ketones (excluding diaryl/α,β-unsaturated/α-hetero) is 2. The zero-order valence-corrected chi connectivity index (χ0v) is 35.0. The predicted octanol–water partition coefficient (Wildman–Crippen LogP) is 9.26. The Morgan fingerprint density at radius 3 is 1.41 bits per heavy atom. The second kappa shape index (κ2) is 16.5. The van der Waals surface area contributed by atoms with Crippen LogP contribution in [0.3, 0.4) is 0 Å². The molecule has 11 heteroatoms. The van der Waals surface area contributed by atoms with Crippen LogP contribution >= 0.6 is 0 Å². The first kappa shape index (κ1) is 40.3. The third-order valence-electron chi connectivity index (χ3n) is 7.42. The van der Waals surface area contributed by atoms with Crippen LogP contribution in [-0.2, 0) is 12.7 Å². The average Bonchev–Trinajstić information content (AvgIpc) is 2.91. The van der Waals surface area contributed by atoms with E-state index in [9.17, 15) is 9.59 Å². The maximum Gasteiger partial charge on any atom is 0.322 e. The lowest BCUT2D eigenvalue weighted by atomic mass is 9.86. The fourth-order valence-corrected chi connectivity index (χ4v) is 20.5. The van der Waals surface area contributed by atoms with E-state index >= 15 is 0 Å². The molecule has 0 saturated carbocycles. The van der Waals surface area contributed by atoms with Crippen LogP contribution in [0.25, 0.3) is 0 Å². The highest BCUT2D eigenvalue weighted by Crippen LogP contribution is 2.27. The zero-order chi connectivity index (χ0) is 35.0. The molecule has 0 amide bonds. The monoisotopic (exact) mass is 704 g/mol. The molecule has 2 aromatic rings. The smallest absolute Gasteiger partial charge is 0.322 e. The summed E-state index contributed by atoms with van der Waals surface area (Å²) in [7, 11) is -7.37. The van der Waals surface area contributed by atoms with Crippen LogP contribution in [0.4, 0.5) is 0 Å². The molecule has 0 aliphatic carbocycles. The number of hydrogen-bond acceptors (Lipinski definition) is 7. The molecule has 0 spiro atoms. The van der Waals surface area contributed by atoms with Gasteiger partial charge < -0.3 is 22.1 Å². The molecule has 2 aromatic carbocycles. The molecule has 7 nitrogen and oxygen atoms in total. The quantitative estimate of drug-likeness (QED) is 0.0819. The Labute approximate surface area is 284 Å². The molecule has 0 unspecified atom stereocenters. The predicted molar refractivity (Wildman–Crippen MR) is 199 cm³/mol. The Kier molecular flexibility index (Phi) is 14.4. The van der Waals surface area contributed by atoms with Gasteiger partial charge in [0.2, 0.25) is 0 Å². The van der Waals surface area contributed by atoms with Gasteiger partial charge in [-0.3, -0.25) is 9.59 Å². The molecule has 0 aliphatic heterocycles. The summed E-state index contributed by atoms with van der Waals surface area (Å²) in [6, 6.07) is 16.9. The zero-order valence-electron chi connectivity index (χ0n) is 30.8. The SMILES string of the molecule is C[SiH](C)O[Si](C)(C)OC(C)(C)C(=O)c1ccc(OCCC[Si](C)(C)O[Si](C)(C)CCCOc2ccc(C(=O)C(C)(C)C)cc2)cc1. The number of ketones is 2. The molecule has 0 bridgehead atoms. The third-order valence-corrected chi connectivity index (χ3v) is 20.1. The molecule has 0 saturated heterocycles. The Morgan fingerprint density at radius 2 is 1.04 bits per heavy atom. The van der Waals surface area contributed by atoms with Crippen molar-refractivity contribution in [2.45, 2.75) is 118 Å². The summed E-state index contributed by atoms with van der Waals surface area (Å²) in [6.07, 6.45) is 1.85. The van der Waals surface area contributed by atoms with Crippen molar-refractivity contribution in [3.05, 3.63) is 59.7 Å². The number of rotatable bonds is 19. The second-order valence-corrected chi connectivity index (χ2v) is 30.6. The van der Waals surface area contributed by atoms with Gasteiger partial charge in [-0.05, 0) is 140 Å². The van der Waals surface area contributed by atoms with Crippen LogP contribution in [0, 0.1) is 5.41 Å². The fraction of sp³-hybridized carbons (Fsp3) is 0.600. The van der Waals surface area contributed by atoms with E-state index in [4.69, 9.17) is 22.1 Å². The highest BCUT2D eigenvalue weighted by atomic mass is 28.4. The standard InChI is InChI=1S/C35H60O7Si4/c1-34(2,3)32(36)28-16-20-30(21-17-28)38-24-14-26-44(8,9)42-45(10,11)27-15-25-39-31-22-18-29(19-23-31)33(37)35(4,5)40-46(12,13)41-43(6)7/h16-23,43H,14-15,24-27H2,1-13H3. The molecule has 0 radical (unpaired) electrons. The highest BCUT2D eigenvalue weighted by molar-refractivity contribution is 6.84. The fourth-order valence-electron chi connectivity index (χ4n) is 5.66. The van der Waals surface area contributed by atoms with E-state index in [1.54, 1.807) is 0 Å². The van der Waals surface area contributed by atoms with Crippen LogP contribution in [-0.4, -0.2) is 64.6 Å². The minimum absolute atomic E-state index is 0.0557. The molecule has 0 heterocycles. The molecule has 46 heavy (non-hydrogen) atoms. The van der Waals surface area contributed by atoms with Gasteiger partial charge in [0.15, 0.2) is 37.2 Å². The van der Waals surface area contributed by atoms with Crippen molar-refractivity contribution in [1.82, 2.24) is 0 Å². The molecule has 0 fully saturated rings. The first-order valence-corrected chi connectivity index (χ1v) is 28.5. The van der Waals surface area contributed by atoms with Gasteiger partial charge in [-0.25, -0.2) is 0 Å². The third kappa shape index (κ3) is 14.1. The van der Waals surface area contributed by atoms with Crippen LogP contribution in [0.2, 0.25) is 64.5 Å². The highest BCUT2D eigenvalue weighted by Gasteiger charge is 2.39. The van der Waals surface area contributed by atoms with E-state index in [1.807, 2.05) is 96.2 Å². The summed E-state index contributed by atoms with van der Waals surface area (Å²) in [5.74, 6) is 1.62. The number of hydrogen-bond donors (Lipinski definition) is 0. The molecule has 0 N–H and O–H groups in total. The van der Waals surface area contributed by atoms with Crippen LogP contribution in [0.1, 0.15) is 68.2 Å². The van der Waals surface area contributed by atoms with Gasteiger partial charge in [-0.1, -0.05) is 20.8 Å². The average molecular weight is 705 g/mol. The maximum atomic E-state index is 13.2. The Balaban J connectivity index is 1.75. The van der Waals surface area contributed by atoms with E-state index in [1.165, 1.54) is 0 Å². The van der Waals surface area contributed by atoms with E-state index in [-0.39, 0.29) is 11.6 Å². The lowest BCUT2D eigenvalue weighted by molar-refractivity contribution is 0.0479. The van der Waals surface area contributed by atoms with Crippen molar-refractivity contribution < 1.29 is 31.7 Å².